The van der Waals surface area contributed by atoms with Gasteiger partial charge in [0.05, 0.1) is 12.6 Å². The summed E-state index contributed by atoms with van der Waals surface area (Å²) in [5.41, 5.74) is 4.11. The number of hydrogen-bond acceptors (Lipinski definition) is 6. The molecule has 26 heavy (non-hydrogen) atoms. The lowest BCUT2D eigenvalue weighted by molar-refractivity contribution is 0.410. The predicted octanol–water partition coefficient (Wildman–Crippen LogP) is 3.82. The largest absolute Gasteiger partial charge is 0.494 e. The van der Waals surface area contributed by atoms with Crippen molar-refractivity contribution in [3.8, 4) is 11.4 Å². The van der Waals surface area contributed by atoms with Crippen LogP contribution in [0.2, 0.25) is 0 Å². The average Bonchev–Trinajstić information content (AvgIpc) is 3.14. The number of tetrazole rings is 1. The van der Waals surface area contributed by atoms with Crippen molar-refractivity contribution in [2.45, 2.75) is 17.8 Å². The number of hydrogen-bond donors (Lipinski definition) is 0. The van der Waals surface area contributed by atoms with Crippen LogP contribution in [0.5, 0.6) is 5.75 Å². The zero-order chi connectivity index (χ0) is 17.9. The molecule has 0 atom stereocenters. The summed E-state index contributed by atoms with van der Waals surface area (Å²) >= 11 is 1.57. The number of pyridine rings is 1. The van der Waals surface area contributed by atoms with Crippen molar-refractivity contribution >= 4 is 22.7 Å². The van der Waals surface area contributed by atoms with Gasteiger partial charge in [-0.3, -0.25) is 4.98 Å². The Morgan fingerprint density at radius 2 is 2.00 bits per heavy atom. The smallest absolute Gasteiger partial charge is 0.214 e. The summed E-state index contributed by atoms with van der Waals surface area (Å²) in [5, 5.41) is 14.0. The Kier molecular flexibility index (Phi) is 4.53. The van der Waals surface area contributed by atoms with E-state index in [2.05, 4.69) is 38.7 Å². The quantitative estimate of drug-likeness (QED) is 0.502. The molecule has 0 amide bonds. The molecule has 2 aromatic heterocycles. The SMILES string of the molecule is COc1ccc(C)cc1-n1nnnc1SCc1cccc2cccnc12. The van der Waals surface area contributed by atoms with E-state index in [1.807, 2.05) is 43.5 Å². The fourth-order valence-corrected chi connectivity index (χ4v) is 3.68. The molecule has 2 aromatic carbocycles. The summed E-state index contributed by atoms with van der Waals surface area (Å²) in [6, 6.07) is 16.2. The van der Waals surface area contributed by atoms with E-state index in [0.717, 1.165) is 39.2 Å². The number of para-hydroxylation sites is 1. The molecular formula is C19H17N5OS. The lowest BCUT2D eigenvalue weighted by Gasteiger charge is -2.10. The fraction of sp³-hybridized carbons (Fsp3) is 0.158. The monoisotopic (exact) mass is 363 g/mol. The van der Waals surface area contributed by atoms with E-state index in [4.69, 9.17) is 4.74 Å². The topological polar surface area (TPSA) is 65.7 Å². The maximum absolute atomic E-state index is 5.46. The van der Waals surface area contributed by atoms with Gasteiger partial charge in [-0.15, -0.1) is 5.10 Å². The molecule has 0 radical (unpaired) electrons. The first-order chi connectivity index (χ1) is 12.8. The Labute approximate surface area is 155 Å². The number of benzene rings is 2. The van der Waals surface area contributed by atoms with Crippen molar-refractivity contribution in [3.63, 3.8) is 0 Å². The minimum atomic E-state index is 0.710. The highest BCUT2D eigenvalue weighted by Gasteiger charge is 2.14. The van der Waals surface area contributed by atoms with Gasteiger partial charge in [0.25, 0.3) is 0 Å². The summed E-state index contributed by atoms with van der Waals surface area (Å²) < 4.78 is 7.18. The van der Waals surface area contributed by atoms with Gasteiger partial charge in [-0.2, -0.15) is 4.68 Å². The van der Waals surface area contributed by atoms with Gasteiger partial charge in [-0.05, 0) is 46.7 Å². The van der Waals surface area contributed by atoms with E-state index in [9.17, 15) is 0 Å². The predicted molar refractivity (Wildman–Crippen MR) is 102 cm³/mol. The number of aryl methyl sites for hydroxylation is 1. The van der Waals surface area contributed by atoms with Crippen molar-refractivity contribution in [1.82, 2.24) is 25.2 Å². The van der Waals surface area contributed by atoms with E-state index in [-0.39, 0.29) is 0 Å². The Morgan fingerprint density at radius 3 is 2.88 bits per heavy atom. The minimum absolute atomic E-state index is 0.710. The molecule has 6 nitrogen and oxygen atoms in total. The van der Waals surface area contributed by atoms with Crippen LogP contribution in [0.15, 0.2) is 59.9 Å². The summed E-state index contributed by atoms with van der Waals surface area (Å²) in [6.45, 7) is 2.03. The zero-order valence-corrected chi connectivity index (χ0v) is 15.3. The maximum atomic E-state index is 5.46. The van der Waals surface area contributed by atoms with E-state index in [0.29, 0.717) is 5.16 Å². The third kappa shape index (κ3) is 3.13. The van der Waals surface area contributed by atoms with Crippen molar-refractivity contribution < 1.29 is 4.74 Å². The molecule has 0 aliphatic rings. The summed E-state index contributed by atoms with van der Waals surface area (Å²) in [7, 11) is 1.65. The fourth-order valence-electron chi connectivity index (χ4n) is 2.81. The van der Waals surface area contributed by atoms with Gasteiger partial charge in [0.1, 0.15) is 11.4 Å². The third-order valence-corrected chi connectivity index (χ3v) is 5.04. The lowest BCUT2D eigenvalue weighted by Crippen LogP contribution is -2.02. The van der Waals surface area contributed by atoms with Crippen LogP contribution in [0.4, 0.5) is 0 Å². The Morgan fingerprint density at radius 1 is 1.12 bits per heavy atom. The molecule has 130 valence electrons. The summed E-state index contributed by atoms with van der Waals surface area (Å²) in [6.07, 6.45) is 1.82. The Hall–Kier alpha value is -2.93. The number of methoxy groups -OCH3 is 1. The highest BCUT2D eigenvalue weighted by atomic mass is 32.2. The Balaban J connectivity index is 1.65. The lowest BCUT2D eigenvalue weighted by atomic mass is 10.1. The van der Waals surface area contributed by atoms with E-state index in [1.54, 1.807) is 23.6 Å². The normalized spacial score (nSPS) is 11.0. The van der Waals surface area contributed by atoms with Gasteiger partial charge in [-0.1, -0.05) is 42.1 Å². The van der Waals surface area contributed by atoms with Crippen molar-refractivity contribution in [2.75, 3.05) is 7.11 Å². The molecule has 4 aromatic rings. The van der Waals surface area contributed by atoms with Crippen molar-refractivity contribution in [2.24, 2.45) is 0 Å². The van der Waals surface area contributed by atoms with Crippen molar-refractivity contribution in [3.05, 3.63) is 65.9 Å². The van der Waals surface area contributed by atoms with Gasteiger partial charge >= 0.3 is 0 Å². The van der Waals surface area contributed by atoms with Crippen LogP contribution in [-0.2, 0) is 5.75 Å². The van der Waals surface area contributed by atoms with Crippen LogP contribution in [0, 0.1) is 6.92 Å². The molecule has 0 N–H and O–H groups in total. The number of ether oxygens (including phenoxy) is 1. The number of nitrogens with zero attached hydrogens (tertiary/aromatic N) is 5. The second-order valence-electron chi connectivity index (χ2n) is 5.83. The van der Waals surface area contributed by atoms with E-state index in [1.165, 1.54) is 0 Å². The van der Waals surface area contributed by atoms with Gasteiger partial charge in [0, 0.05) is 17.3 Å². The van der Waals surface area contributed by atoms with Crippen LogP contribution < -0.4 is 4.74 Å². The van der Waals surface area contributed by atoms with Crippen LogP contribution in [-0.4, -0.2) is 32.3 Å². The highest BCUT2D eigenvalue weighted by Crippen LogP contribution is 2.29. The first kappa shape index (κ1) is 16.5. The van der Waals surface area contributed by atoms with Crippen LogP contribution in [0.3, 0.4) is 0 Å². The molecule has 0 unspecified atom stereocenters. The zero-order valence-electron chi connectivity index (χ0n) is 14.5. The van der Waals surface area contributed by atoms with Gasteiger partial charge in [0.2, 0.25) is 5.16 Å². The molecule has 0 aliphatic heterocycles. The second kappa shape index (κ2) is 7.13. The molecule has 4 rings (SSSR count). The van der Waals surface area contributed by atoms with E-state index >= 15 is 0 Å². The molecule has 2 heterocycles. The molecule has 0 spiro atoms. The first-order valence-electron chi connectivity index (χ1n) is 8.15. The standard InChI is InChI=1S/C19H17N5OS/c1-13-8-9-17(25-2)16(11-13)24-19(21-22-23-24)26-12-15-6-3-5-14-7-4-10-20-18(14)15/h3-11H,12H2,1-2H3. The average molecular weight is 363 g/mol. The van der Waals surface area contributed by atoms with Crippen LogP contribution in [0.25, 0.3) is 16.6 Å². The van der Waals surface area contributed by atoms with Gasteiger partial charge in [-0.25, -0.2) is 0 Å². The number of aromatic nitrogens is 5. The second-order valence-corrected chi connectivity index (χ2v) is 6.77. The summed E-state index contributed by atoms with van der Waals surface area (Å²) in [5.74, 6) is 1.46. The van der Waals surface area contributed by atoms with E-state index < -0.39 is 0 Å². The maximum Gasteiger partial charge on any atom is 0.214 e. The summed E-state index contributed by atoms with van der Waals surface area (Å²) in [4.78, 5) is 4.51. The molecule has 0 fully saturated rings. The number of thioether (sulfide) groups is 1. The molecule has 0 saturated heterocycles. The number of rotatable bonds is 5. The molecule has 0 saturated carbocycles. The van der Waals surface area contributed by atoms with Crippen LogP contribution >= 0.6 is 11.8 Å². The van der Waals surface area contributed by atoms with Crippen molar-refractivity contribution in [1.29, 1.82) is 0 Å². The first-order valence-corrected chi connectivity index (χ1v) is 9.13. The molecular weight excluding hydrogens is 346 g/mol. The molecule has 0 aliphatic carbocycles. The van der Waals surface area contributed by atoms with Gasteiger partial charge in [0.15, 0.2) is 0 Å². The highest BCUT2D eigenvalue weighted by molar-refractivity contribution is 7.98. The molecule has 7 heteroatoms. The molecule has 0 bridgehead atoms. The number of fused-ring (bicyclic) bond motifs is 1. The van der Waals surface area contributed by atoms with Gasteiger partial charge < -0.3 is 4.74 Å². The third-order valence-electron chi connectivity index (χ3n) is 4.08. The van der Waals surface area contributed by atoms with Crippen LogP contribution in [0.1, 0.15) is 11.1 Å². The minimum Gasteiger partial charge on any atom is -0.494 e. The Bertz CT molecular complexity index is 1060.